The molecular formula is C14H20BrClN2O. The molecule has 19 heavy (non-hydrogen) atoms. The van der Waals surface area contributed by atoms with E-state index in [-0.39, 0.29) is 12.1 Å². The zero-order valence-corrected chi connectivity index (χ0v) is 13.5. The van der Waals surface area contributed by atoms with E-state index >= 15 is 0 Å². The molecule has 0 aliphatic carbocycles. The second kappa shape index (κ2) is 7.04. The molecule has 0 spiro atoms. The molecule has 1 aliphatic rings. The summed E-state index contributed by atoms with van der Waals surface area (Å²) in [5, 5.41) is 0.746. The van der Waals surface area contributed by atoms with E-state index < -0.39 is 0 Å². The lowest BCUT2D eigenvalue weighted by Crippen LogP contribution is -2.37. The molecule has 2 unspecified atom stereocenters. The molecule has 1 saturated heterocycles. The molecule has 2 N–H and O–H groups in total. The highest BCUT2D eigenvalue weighted by molar-refractivity contribution is 9.10. The molecule has 0 amide bonds. The number of rotatable bonds is 3. The Hall–Kier alpha value is -0.130. The summed E-state index contributed by atoms with van der Waals surface area (Å²) in [6.07, 6.45) is 1.29. The SMILES string of the molecule is CC1CN(C(CN)c2cc(Cl)ccc2Br)CCCO1. The fourth-order valence-corrected chi connectivity index (χ4v) is 3.24. The molecule has 0 saturated carbocycles. The summed E-state index contributed by atoms with van der Waals surface area (Å²) < 4.78 is 6.76. The number of nitrogens with zero attached hydrogens (tertiary/aromatic N) is 1. The van der Waals surface area contributed by atoms with E-state index in [9.17, 15) is 0 Å². The number of halogens is 2. The Balaban J connectivity index is 2.25. The van der Waals surface area contributed by atoms with Gasteiger partial charge in [-0.2, -0.15) is 0 Å². The van der Waals surface area contributed by atoms with Crippen LogP contribution in [0.2, 0.25) is 5.02 Å². The van der Waals surface area contributed by atoms with Gasteiger partial charge in [0.25, 0.3) is 0 Å². The Morgan fingerprint density at radius 2 is 2.37 bits per heavy atom. The Kier molecular flexibility index (Phi) is 5.66. The fourth-order valence-electron chi connectivity index (χ4n) is 2.55. The van der Waals surface area contributed by atoms with Crippen LogP contribution >= 0.6 is 27.5 Å². The van der Waals surface area contributed by atoms with Crippen LogP contribution in [0.1, 0.15) is 24.9 Å². The van der Waals surface area contributed by atoms with Crippen LogP contribution in [0.25, 0.3) is 0 Å². The van der Waals surface area contributed by atoms with Gasteiger partial charge in [-0.05, 0) is 37.1 Å². The Morgan fingerprint density at radius 1 is 1.58 bits per heavy atom. The first kappa shape index (κ1) is 15.3. The average molecular weight is 348 g/mol. The number of hydrogen-bond donors (Lipinski definition) is 1. The molecule has 0 aromatic heterocycles. The van der Waals surface area contributed by atoms with E-state index in [4.69, 9.17) is 22.1 Å². The van der Waals surface area contributed by atoms with Crippen molar-refractivity contribution in [2.24, 2.45) is 5.73 Å². The summed E-state index contributed by atoms with van der Waals surface area (Å²) in [7, 11) is 0. The van der Waals surface area contributed by atoms with E-state index in [1.165, 1.54) is 0 Å². The Morgan fingerprint density at radius 3 is 3.11 bits per heavy atom. The van der Waals surface area contributed by atoms with Crippen LogP contribution in [0.15, 0.2) is 22.7 Å². The van der Waals surface area contributed by atoms with Gasteiger partial charge in [0.1, 0.15) is 0 Å². The zero-order chi connectivity index (χ0) is 13.8. The first-order chi connectivity index (χ1) is 9.11. The summed E-state index contributed by atoms with van der Waals surface area (Å²) in [6.45, 7) is 5.42. The van der Waals surface area contributed by atoms with E-state index in [1.54, 1.807) is 0 Å². The highest BCUT2D eigenvalue weighted by atomic mass is 79.9. The van der Waals surface area contributed by atoms with E-state index in [1.807, 2.05) is 18.2 Å². The number of nitrogens with two attached hydrogens (primary N) is 1. The summed E-state index contributed by atoms with van der Waals surface area (Å²) >= 11 is 9.71. The molecule has 106 valence electrons. The minimum atomic E-state index is 0.178. The average Bonchev–Trinajstić information content (AvgIpc) is 2.59. The molecule has 1 heterocycles. The minimum Gasteiger partial charge on any atom is -0.377 e. The monoisotopic (exact) mass is 346 g/mol. The standard InChI is InChI=1S/C14H20BrClN2O/c1-10-9-18(5-2-6-19-10)14(8-17)12-7-11(16)3-4-13(12)15/h3-4,7,10,14H,2,5-6,8-9,17H2,1H3. The largest absolute Gasteiger partial charge is 0.377 e. The zero-order valence-electron chi connectivity index (χ0n) is 11.1. The number of ether oxygens (including phenoxy) is 1. The molecule has 1 aliphatic heterocycles. The molecule has 3 nitrogen and oxygen atoms in total. The second-order valence-corrected chi connectivity index (χ2v) is 6.24. The highest BCUT2D eigenvalue weighted by Crippen LogP contribution is 2.30. The van der Waals surface area contributed by atoms with Crippen LogP contribution in [-0.2, 0) is 4.74 Å². The molecule has 1 aromatic rings. The summed E-state index contributed by atoms with van der Waals surface area (Å²) in [5.41, 5.74) is 7.16. The van der Waals surface area contributed by atoms with Crippen molar-refractivity contribution in [1.82, 2.24) is 4.90 Å². The third kappa shape index (κ3) is 3.92. The summed E-state index contributed by atoms with van der Waals surface area (Å²) in [6, 6.07) is 6.05. The normalized spacial score (nSPS) is 23.1. The molecule has 2 atom stereocenters. The number of hydrogen-bond acceptors (Lipinski definition) is 3. The smallest absolute Gasteiger partial charge is 0.0674 e. The van der Waals surface area contributed by atoms with Crippen LogP contribution in [0.3, 0.4) is 0 Å². The maximum Gasteiger partial charge on any atom is 0.0674 e. The van der Waals surface area contributed by atoms with Gasteiger partial charge in [0.15, 0.2) is 0 Å². The molecule has 5 heteroatoms. The van der Waals surface area contributed by atoms with E-state index in [0.717, 1.165) is 41.2 Å². The van der Waals surface area contributed by atoms with Gasteiger partial charge in [0.05, 0.1) is 6.10 Å². The second-order valence-electron chi connectivity index (χ2n) is 4.95. The van der Waals surface area contributed by atoms with Gasteiger partial charge < -0.3 is 10.5 Å². The third-order valence-electron chi connectivity index (χ3n) is 3.46. The van der Waals surface area contributed by atoms with Crippen molar-refractivity contribution >= 4 is 27.5 Å². The van der Waals surface area contributed by atoms with Gasteiger partial charge in [-0.1, -0.05) is 27.5 Å². The van der Waals surface area contributed by atoms with Gasteiger partial charge >= 0.3 is 0 Å². The van der Waals surface area contributed by atoms with Crippen LogP contribution < -0.4 is 5.73 Å². The molecule has 1 fully saturated rings. The van der Waals surface area contributed by atoms with Crippen LogP contribution in [0, 0.1) is 0 Å². The molecule has 0 bridgehead atoms. The highest BCUT2D eigenvalue weighted by Gasteiger charge is 2.24. The van der Waals surface area contributed by atoms with Crippen molar-refractivity contribution in [3.8, 4) is 0 Å². The molecule has 1 aromatic carbocycles. The topological polar surface area (TPSA) is 38.5 Å². The van der Waals surface area contributed by atoms with Crippen molar-refractivity contribution in [2.45, 2.75) is 25.5 Å². The maximum atomic E-state index is 6.11. The first-order valence-corrected chi connectivity index (χ1v) is 7.79. The third-order valence-corrected chi connectivity index (χ3v) is 4.42. The molecular weight excluding hydrogens is 328 g/mol. The van der Waals surface area contributed by atoms with Gasteiger partial charge in [0.2, 0.25) is 0 Å². The predicted octanol–water partition coefficient (Wildman–Crippen LogP) is 3.21. The van der Waals surface area contributed by atoms with Crippen LogP contribution in [0.4, 0.5) is 0 Å². The molecule has 2 rings (SSSR count). The van der Waals surface area contributed by atoms with Crippen LogP contribution in [-0.4, -0.2) is 37.2 Å². The first-order valence-electron chi connectivity index (χ1n) is 6.62. The van der Waals surface area contributed by atoms with Crippen LogP contribution in [0.5, 0.6) is 0 Å². The van der Waals surface area contributed by atoms with E-state index in [0.29, 0.717) is 6.54 Å². The lowest BCUT2D eigenvalue weighted by Gasteiger charge is -2.31. The lowest BCUT2D eigenvalue weighted by molar-refractivity contribution is 0.0611. The Labute approximate surface area is 128 Å². The molecule has 0 radical (unpaired) electrons. The summed E-state index contributed by atoms with van der Waals surface area (Å²) in [5.74, 6) is 0. The van der Waals surface area contributed by atoms with Gasteiger partial charge in [-0.25, -0.2) is 0 Å². The van der Waals surface area contributed by atoms with Gasteiger partial charge in [-0.15, -0.1) is 0 Å². The Bertz CT molecular complexity index is 430. The predicted molar refractivity (Wildman–Crippen MR) is 82.6 cm³/mol. The van der Waals surface area contributed by atoms with Crippen molar-refractivity contribution in [1.29, 1.82) is 0 Å². The van der Waals surface area contributed by atoms with Crippen molar-refractivity contribution in [3.05, 3.63) is 33.3 Å². The van der Waals surface area contributed by atoms with Crippen molar-refractivity contribution in [2.75, 3.05) is 26.2 Å². The van der Waals surface area contributed by atoms with Gasteiger partial charge in [0, 0.05) is 41.8 Å². The van der Waals surface area contributed by atoms with E-state index in [2.05, 4.69) is 27.8 Å². The quantitative estimate of drug-likeness (QED) is 0.912. The summed E-state index contributed by atoms with van der Waals surface area (Å²) in [4.78, 5) is 2.40. The van der Waals surface area contributed by atoms with Gasteiger partial charge in [-0.3, -0.25) is 4.90 Å². The maximum absolute atomic E-state index is 6.11. The van der Waals surface area contributed by atoms with Crippen molar-refractivity contribution in [3.63, 3.8) is 0 Å². The number of benzene rings is 1. The minimum absolute atomic E-state index is 0.178. The fraction of sp³-hybridized carbons (Fsp3) is 0.571. The lowest BCUT2D eigenvalue weighted by atomic mass is 10.0. The van der Waals surface area contributed by atoms with Crippen molar-refractivity contribution < 1.29 is 4.74 Å².